The summed E-state index contributed by atoms with van der Waals surface area (Å²) in [7, 11) is 0. The zero-order chi connectivity index (χ0) is 17.9. The lowest BCUT2D eigenvalue weighted by molar-refractivity contribution is -0.133. The molecule has 8 heteroatoms. The summed E-state index contributed by atoms with van der Waals surface area (Å²) in [6.07, 6.45) is 0. The fraction of sp³-hybridized carbons (Fsp3) is 0.0625. The molecule has 2 N–H and O–H groups in total. The Morgan fingerprint density at radius 3 is 1.96 bits per heavy atom. The fourth-order valence-electron chi connectivity index (χ4n) is 1.78. The van der Waals surface area contributed by atoms with E-state index in [2.05, 4.69) is 5.32 Å². The monoisotopic (exact) mass is 336 g/mol. The summed E-state index contributed by atoms with van der Waals surface area (Å²) in [6, 6.07) is 7.11. The first-order chi connectivity index (χ1) is 11.3. The van der Waals surface area contributed by atoms with Crippen LogP contribution in [0, 0.1) is 17.5 Å². The highest BCUT2D eigenvalue weighted by Crippen LogP contribution is 2.19. The van der Waals surface area contributed by atoms with Crippen molar-refractivity contribution in [3.63, 3.8) is 0 Å². The summed E-state index contributed by atoms with van der Waals surface area (Å²) >= 11 is 0. The number of ketones is 1. The molecule has 0 aliphatic heterocycles. The number of hydrogen-bond acceptors (Lipinski definition) is 3. The minimum atomic E-state index is -1.76. The van der Waals surface area contributed by atoms with E-state index in [1.165, 1.54) is 31.2 Å². The molecular formula is C16H11F3N2O3. The molecule has 124 valence electrons. The predicted molar refractivity (Wildman–Crippen MR) is 80.0 cm³/mol. The van der Waals surface area contributed by atoms with Crippen LogP contribution in [0.4, 0.5) is 24.5 Å². The Morgan fingerprint density at radius 2 is 1.38 bits per heavy atom. The number of halogens is 3. The van der Waals surface area contributed by atoms with Crippen LogP contribution in [0.15, 0.2) is 36.4 Å². The molecule has 2 aromatic carbocycles. The molecule has 24 heavy (non-hydrogen) atoms. The van der Waals surface area contributed by atoms with E-state index >= 15 is 0 Å². The van der Waals surface area contributed by atoms with Crippen LogP contribution in [0.5, 0.6) is 0 Å². The normalized spacial score (nSPS) is 10.2. The molecule has 0 aromatic heterocycles. The molecule has 0 aliphatic rings. The Hall–Kier alpha value is -3.16. The lowest BCUT2D eigenvalue weighted by Gasteiger charge is -2.08. The molecule has 0 unspecified atom stereocenters. The third-order valence-electron chi connectivity index (χ3n) is 3.04. The predicted octanol–water partition coefficient (Wildman–Crippen LogP) is 2.88. The number of carbonyl (C=O) groups excluding carboxylic acids is 3. The summed E-state index contributed by atoms with van der Waals surface area (Å²) in [5, 5.41) is 4.06. The van der Waals surface area contributed by atoms with E-state index in [4.69, 9.17) is 0 Å². The first-order valence-corrected chi connectivity index (χ1v) is 6.66. The molecule has 0 saturated heterocycles. The van der Waals surface area contributed by atoms with Gasteiger partial charge in [-0.15, -0.1) is 0 Å². The van der Waals surface area contributed by atoms with Crippen molar-refractivity contribution in [1.82, 2.24) is 0 Å². The minimum absolute atomic E-state index is 0.167. The van der Waals surface area contributed by atoms with E-state index in [0.717, 1.165) is 6.07 Å². The fourth-order valence-corrected chi connectivity index (χ4v) is 1.78. The molecule has 0 radical (unpaired) electrons. The number of amides is 2. The van der Waals surface area contributed by atoms with Gasteiger partial charge >= 0.3 is 11.8 Å². The van der Waals surface area contributed by atoms with Gasteiger partial charge in [-0.1, -0.05) is 0 Å². The lowest BCUT2D eigenvalue weighted by atomic mass is 10.1. The molecule has 2 aromatic rings. The number of anilines is 2. The van der Waals surface area contributed by atoms with Crippen LogP contribution in [-0.2, 0) is 9.59 Å². The van der Waals surface area contributed by atoms with Crippen molar-refractivity contribution in [3.05, 3.63) is 59.4 Å². The Morgan fingerprint density at radius 1 is 0.792 bits per heavy atom. The van der Waals surface area contributed by atoms with Gasteiger partial charge in [0, 0.05) is 11.3 Å². The van der Waals surface area contributed by atoms with Gasteiger partial charge < -0.3 is 10.6 Å². The maximum absolute atomic E-state index is 13.4. The van der Waals surface area contributed by atoms with E-state index < -0.39 is 35.0 Å². The zero-order valence-electron chi connectivity index (χ0n) is 12.3. The molecule has 0 aliphatic carbocycles. The minimum Gasteiger partial charge on any atom is -0.318 e. The molecule has 2 amide bonds. The molecule has 0 saturated carbocycles. The molecule has 5 nitrogen and oxygen atoms in total. The number of rotatable bonds is 3. The number of carbonyl (C=O) groups is 3. The van der Waals surface area contributed by atoms with Crippen LogP contribution in [-0.4, -0.2) is 17.6 Å². The summed E-state index contributed by atoms with van der Waals surface area (Å²) in [6.45, 7) is 1.37. The van der Waals surface area contributed by atoms with Gasteiger partial charge in [0.2, 0.25) is 0 Å². The molecule has 0 fully saturated rings. The topological polar surface area (TPSA) is 75.3 Å². The highest BCUT2D eigenvalue weighted by atomic mass is 19.2. The summed E-state index contributed by atoms with van der Waals surface area (Å²) < 4.78 is 39.3. The van der Waals surface area contributed by atoms with Crippen molar-refractivity contribution < 1.29 is 27.6 Å². The molecule has 0 heterocycles. The van der Waals surface area contributed by atoms with Gasteiger partial charge in [0.1, 0.15) is 0 Å². The highest BCUT2D eigenvalue weighted by molar-refractivity contribution is 6.43. The van der Waals surface area contributed by atoms with E-state index in [-0.39, 0.29) is 11.5 Å². The Labute approximate surface area is 134 Å². The number of nitrogens with one attached hydrogen (secondary N) is 2. The Kier molecular flexibility index (Phi) is 4.98. The molecule has 0 bridgehead atoms. The number of Topliss-reactive ketones (excluding diaryl/α,β-unsaturated/α-hetero) is 1. The first-order valence-electron chi connectivity index (χ1n) is 6.66. The van der Waals surface area contributed by atoms with Crippen LogP contribution >= 0.6 is 0 Å². The van der Waals surface area contributed by atoms with Crippen molar-refractivity contribution in [2.24, 2.45) is 0 Å². The third kappa shape index (κ3) is 3.78. The molecule has 0 atom stereocenters. The maximum Gasteiger partial charge on any atom is 0.314 e. The van der Waals surface area contributed by atoms with Gasteiger partial charge in [0.25, 0.3) is 0 Å². The third-order valence-corrected chi connectivity index (χ3v) is 3.04. The van der Waals surface area contributed by atoms with Crippen molar-refractivity contribution >= 4 is 29.0 Å². The second-order valence-corrected chi connectivity index (χ2v) is 4.76. The Bertz CT molecular complexity index is 820. The molecule has 2 rings (SSSR count). The summed E-state index contributed by atoms with van der Waals surface area (Å²) in [5.74, 6) is -7.36. The highest BCUT2D eigenvalue weighted by Gasteiger charge is 2.19. The number of benzene rings is 2. The van der Waals surface area contributed by atoms with Crippen LogP contribution in [0.25, 0.3) is 0 Å². The van der Waals surface area contributed by atoms with Crippen LogP contribution < -0.4 is 10.6 Å². The first kappa shape index (κ1) is 17.2. The second kappa shape index (κ2) is 6.95. The van der Waals surface area contributed by atoms with Crippen molar-refractivity contribution in [2.75, 3.05) is 10.6 Å². The van der Waals surface area contributed by atoms with E-state index in [1.807, 2.05) is 5.32 Å². The smallest absolute Gasteiger partial charge is 0.314 e. The van der Waals surface area contributed by atoms with Gasteiger partial charge in [-0.2, -0.15) is 0 Å². The largest absolute Gasteiger partial charge is 0.318 e. The van der Waals surface area contributed by atoms with Gasteiger partial charge in [-0.05, 0) is 43.3 Å². The summed E-state index contributed by atoms with van der Waals surface area (Å²) in [4.78, 5) is 34.5. The second-order valence-electron chi connectivity index (χ2n) is 4.76. The van der Waals surface area contributed by atoms with E-state index in [0.29, 0.717) is 11.6 Å². The number of hydrogen-bond donors (Lipinski definition) is 2. The van der Waals surface area contributed by atoms with Crippen LogP contribution in [0.2, 0.25) is 0 Å². The quantitative estimate of drug-likeness (QED) is 0.514. The van der Waals surface area contributed by atoms with Gasteiger partial charge in [-0.25, -0.2) is 13.2 Å². The summed E-state index contributed by atoms with van der Waals surface area (Å²) in [5.41, 5.74) is -0.0202. The van der Waals surface area contributed by atoms with Crippen LogP contribution in [0.1, 0.15) is 17.3 Å². The van der Waals surface area contributed by atoms with Crippen LogP contribution in [0.3, 0.4) is 0 Å². The lowest BCUT2D eigenvalue weighted by Crippen LogP contribution is -2.29. The Balaban J connectivity index is 2.06. The average Bonchev–Trinajstić information content (AvgIpc) is 2.55. The van der Waals surface area contributed by atoms with Gasteiger partial charge in [-0.3, -0.25) is 14.4 Å². The average molecular weight is 336 g/mol. The maximum atomic E-state index is 13.4. The standard InChI is InChI=1S/C16H11F3N2O3/c1-8(22)9-2-4-10(5-3-9)20-15(23)16(24)21-12-7-6-11(17)13(18)14(12)19/h2-7H,1H3,(H,20,23)(H,21,24). The van der Waals surface area contributed by atoms with E-state index in [9.17, 15) is 27.6 Å². The molecule has 0 spiro atoms. The molecular weight excluding hydrogens is 325 g/mol. The van der Waals surface area contributed by atoms with E-state index in [1.54, 1.807) is 0 Å². The SMILES string of the molecule is CC(=O)c1ccc(NC(=O)C(=O)Nc2ccc(F)c(F)c2F)cc1. The van der Waals surface area contributed by atoms with Gasteiger partial charge in [0.15, 0.2) is 23.2 Å². The van der Waals surface area contributed by atoms with Gasteiger partial charge in [0.05, 0.1) is 5.69 Å². The van der Waals surface area contributed by atoms with Crippen molar-refractivity contribution in [2.45, 2.75) is 6.92 Å². The zero-order valence-corrected chi connectivity index (χ0v) is 12.3. The van der Waals surface area contributed by atoms with Crippen molar-refractivity contribution in [3.8, 4) is 0 Å². The van der Waals surface area contributed by atoms with Crippen molar-refractivity contribution in [1.29, 1.82) is 0 Å².